The van der Waals surface area contributed by atoms with Crippen LogP contribution in [0.3, 0.4) is 0 Å². The Labute approximate surface area is 205 Å². The van der Waals surface area contributed by atoms with Crippen molar-refractivity contribution >= 4 is 17.5 Å². The van der Waals surface area contributed by atoms with E-state index in [0.717, 1.165) is 5.56 Å². The van der Waals surface area contributed by atoms with Gasteiger partial charge in [0.05, 0.1) is 21.3 Å². The van der Waals surface area contributed by atoms with Crippen LogP contribution in [0.5, 0.6) is 17.2 Å². The van der Waals surface area contributed by atoms with Crippen molar-refractivity contribution in [3.63, 3.8) is 0 Å². The maximum absolute atomic E-state index is 13.3. The lowest BCUT2D eigenvalue weighted by atomic mass is 10.1. The second-order valence-electron chi connectivity index (χ2n) is 7.82. The van der Waals surface area contributed by atoms with Crippen molar-refractivity contribution in [1.29, 1.82) is 0 Å². The number of nitrogens with two attached hydrogens (primary N) is 1. The van der Waals surface area contributed by atoms with Gasteiger partial charge in [-0.25, -0.2) is 0 Å². The molecule has 0 fully saturated rings. The molecular weight excluding hydrogens is 446 g/mol. The second-order valence-corrected chi connectivity index (χ2v) is 7.82. The number of amides is 2. The van der Waals surface area contributed by atoms with Gasteiger partial charge in [-0.15, -0.1) is 0 Å². The van der Waals surface area contributed by atoms with Crippen LogP contribution in [0, 0.1) is 0 Å². The molecule has 0 atom stereocenters. The Hall–Kier alpha value is -4.04. The standard InChI is InChI=1S/C27H31N3O5/c1-33-23-11-8-20(9-12-23)26(31)29-22-7-4-6-19(16-22)18-30(15-5-14-28)27(32)21-10-13-24(34-2)25(17-21)35-3/h4,6-13,16-17H,5,14-15,18,28H2,1-3H3,(H,29,31). The van der Waals surface area contributed by atoms with Gasteiger partial charge in [-0.1, -0.05) is 12.1 Å². The lowest BCUT2D eigenvalue weighted by Gasteiger charge is -2.23. The first-order valence-corrected chi connectivity index (χ1v) is 11.2. The largest absolute Gasteiger partial charge is 0.497 e. The van der Waals surface area contributed by atoms with Crippen LogP contribution in [0.25, 0.3) is 0 Å². The number of hydrogen-bond donors (Lipinski definition) is 2. The Kier molecular flexibility index (Phi) is 9.09. The van der Waals surface area contributed by atoms with Crippen molar-refractivity contribution < 1.29 is 23.8 Å². The average Bonchev–Trinajstić information content (AvgIpc) is 2.90. The fraction of sp³-hybridized carbons (Fsp3) is 0.259. The number of nitrogens with one attached hydrogen (secondary N) is 1. The van der Waals surface area contributed by atoms with Crippen LogP contribution in [0.2, 0.25) is 0 Å². The molecule has 8 nitrogen and oxygen atoms in total. The second kappa shape index (κ2) is 12.4. The number of anilines is 1. The lowest BCUT2D eigenvalue weighted by Crippen LogP contribution is -2.32. The summed E-state index contributed by atoms with van der Waals surface area (Å²) in [6, 6.07) is 19.4. The molecule has 0 aliphatic rings. The van der Waals surface area contributed by atoms with E-state index in [2.05, 4.69) is 5.32 Å². The molecular formula is C27H31N3O5. The molecule has 184 valence electrons. The molecule has 0 saturated heterocycles. The highest BCUT2D eigenvalue weighted by molar-refractivity contribution is 6.04. The minimum absolute atomic E-state index is 0.146. The number of carbonyl (C=O) groups excluding carboxylic acids is 2. The van der Waals surface area contributed by atoms with Gasteiger partial charge in [0.1, 0.15) is 5.75 Å². The van der Waals surface area contributed by atoms with Crippen molar-refractivity contribution in [2.75, 3.05) is 39.7 Å². The van der Waals surface area contributed by atoms with Gasteiger partial charge in [0.25, 0.3) is 11.8 Å². The lowest BCUT2D eigenvalue weighted by molar-refractivity contribution is 0.0741. The molecule has 3 aromatic carbocycles. The summed E-state index contributed by atoms with van der Waals surface area (Å²) < 4.78 is 15.8. The number of rotatable bonds is 11. The van der Waals surface area contributed by atoms with Gasteiger partial charge in [-0.05, 0) is 73.1 Å². The topological polar surface area (TPSA) is 103 Å². The third-order valence-corrected chi connectivity index (χ3v) is 5.46. The molecule has 0 aliphatic heterocycles. The minimum atomic E-state index is -0.230. The molecule has 0 radical (unpaired) electrons. The summed E-state index contributed by atoms with van der Waals surface area (Å²) in [5.41, 5.74) is 8.24. The number of carbonyl (C=O) groups is 2. The van der Waals surface area contributed by atoms with E-state index in [9.17, 15) is 9.59 Å². The minimum Gasteiger partial charge on any atom is -0.497 e. The first kappa shape index (κ1) is 25.6. The van der Waals surface area contributed by atoms with Crippen molar-refractivity contribution in [3.05, 3.63) is 83.4 Å². The van der Waals surface area contributed by atoms with E-state index in [1.165, 1.54) is 7.11 Å². The highest BCUT2D eigenvalue weighted by atomic mass is 16.5. The molecule has 0 heterocycles. The quantitative estimate of drug-likeness (QED) is 0.433. The maximum atomic E-state index is 13.3. The van der Waals surface area contributed by atoms with Gasteiger partial charge in [0, 0.05) is 29.9 Å². The van der Waals surface area contributed by atoms with Gasteiger partial charge in [0.2, 0.25) is 0 Å². The fourth-order valence-electron chi connectivity index (χ4n) is 3.60. The molecule has 0 aliphatic carbocycles. The summed E-state index contributed by atoms with van der Waals surface area (Å²) in [4.78, 5) is 27.7. The summed E-state index contributed by atoms with van der Waals surface area (Å²) in [6.07, 6.45) is 0.660. The third-order valence-electron chi connectivity index (χ3n) is 5.46. The molecule has 2 amide bonds. The zero-order valence-corrected chi connectivity index (χ0v) is 20.2. The Bertz CT molecular complexity index is 1150. The zero-order valence-electron chi connectivity index (χ0n) is 20.2. The van der Waals surface area contributed by atoms with Crippen LogP contribution < -0.4 is 25.3 Å². The van der Waals surface area contributed by atoms with Crippen LogP contribution in [0.1, 0.15) is 32.7 Å². The van der Waals surface area contributed by atoms with Gasteiger partial charge in [-0.3, -0.25) is 9.59 Å². The third kappa shape index (κ3) is 6.74. The normalized spacial score (nSPS) is 10.4. The van der Waals surface area contributed by atoms with Crippen molar-refractivity contribution in [2.45, 2.75) is 13.0 Å². The van der Waals surface area contributed by atoms with Crippen LogP contribution in [0.15, 0.2) is 66.7 Å². The highest BCUT2D eigenvalue weighted by Gasteiger charge is 2.18. The summed E-state index contributed by atoms with van der Waals surface area (Å²) in [5, 5.41) is 2.91. The Morgan fingerprint density at radius 1 is 0.857 bits per heavy atom. The monoisotopic (exact) mass is 477 g/mol. The van der Waals surface area contributed by atoms with Gasteiger partial charge in [0.15, 0.2) is 11.5 Å². The highest BCUT2D eigenvalue weighted by Crippen LogP contribution is 2.28. The molecule has 0 aromatic heterocycles. The predicted molar refractivity (Wildman–Crippen MR) is 135 cm³/mol. The van der Waals surface area contributed by atoms with Crippen molar-refractivity contribution in [2.24, 2.45) is 5.73 Å². The first-order valence-electron chi connectivity index (χ1n) is 11.2. The van der Waals surface area contributed by atoms with Gasteiger partial charge in [-0.2, -0.15) is 0 Å². The van der Waals surface area contributed by atoms with Crippen LogP contribution >= 0.6 is 0 Å². The number of ether oxygens (including phenoxy) is 3. The Balaban J connectivity index is 1.76. The van der Waals surface area contributed by atoms with E-state index in [1.54, 1.807) is 61.6 Å². The Morgan fingerprint density at radius 2 is 1.57 bits per heavy atom. The summed E-state index contributed by atoms with van der Waals surface area (Å²) in [5.74, 6) is 1.34. The van der Waals surface area contributed by atoms with Crippen molar-refractivity contribution in [3.8, 4) is 17.2 Å². The van der Waals surface area contributed by atoms with E-state index in [1.807, 2.05) is 24.3 Å². The van der Waals surface area contributed by atoms with E-state index < -0.39 is 0 Å². The van der Waals surface area contributed by atoms with E-state index in [0.29, 0.717) is 60.1 Å². The smallest absolute Gasteiger partial charge is 0.255 e. The van der Waals surface area contributed by atoms with Gasteiger partial charge < -0.3 is 30.2 Å². The summed E-state index contributed by atoms with van der Waals surface area (Å²) in [7, 11) is 4.66. The fourth-order valence-corrected chi connectivity index (χ4v) is 3.60. The number of benzene rings is 3. The SMILES string of the molecule is COc1ccc(C(=O)Nc2cccc(CN(CCCN)C(=O)c3ccc(OC)c(OC)c3)c2)cc1. The molecule has 3 aromatic rings. The zero-order chi connectivity index (χ0) is 25.2. The summed E-state index contributed by atoms with van der Waals surface area (Å²) >= 11 is 0. The van der Waals surface area contributed by atoms with Crippen LogP contribution in [0.4, 0.5) is 5.69 Å². The molecule has 0 saturated carbocycles. The molecule has 0 bridgehead atoms. The van der Waals surface area contributed by atoms with Gasteiger partial charge >= 0.3 is 0 Å². The summed E-state index contributed by atoms with van der Waals surface area (Å²) in [6.45, 7) is 1.32. The van der Waals surface area contributed by atoms with Crippen molar-refractivity contribution in [1.82, 2.24) is 4.90 Å². The average molecular weight is 478 g/mol. The van der Waals surface area contributed by atoms with Crippen LogP contribution in [-0.2, 0) is 6.54 Å². The predicted octanol–water partition coefficient (Wildman–Crippen LogP) is 3.96. The molecule has 0 unspecified atom stereocenters. The number of nitrogens with zero attached hydrogens (tertiary/aromatic N) is 1. The molecule has 8 heteroatoms. The molecule has 3 N–H and O–H groups in total. The number of methoxy groups -OCH3 is 3. The van der Waals surface area contributed by atoms with Crippen LogP contribution in [-0.4, -0.2) is 51.1 Å². The van der Waals surface area contributed by atoms with E-state index in [-0.39, 0.29) is 11.8 Å². The Morgan fingerprint density at radius 3 is 2.23 bits per heavy atom. The molecule has 35 heavy (non-hydrogen) atoms. The van der Waals surface area contributed by atoms with E-state index in [4.69, 9.17) is 19.9 Å². The first-order chi connectivity index (χ1) is 17.0. The maximum Gasteiger partial charge on any atom is 0.255 e. The molecule has 3 rings (SSSR count). The van der Waals surface area contributed by atoms with E-state index >= 15 is 0 Å². The number of hydrogen-bond acceptors (Lipinski definition) is 6. The molecule has 0 spiro atoms.